The largest absolute Gasteiger partial charge is 0.307 e. The zero-order valence-corrected chi connectivity index (χ0v) is 11.3. The maximum absolute atomic E-state index is 3.63. The molecule has 16 heavy (non-hydrogen) atoms. The Kier molecular flexibility index (Phi) is 4.16. The predicted molar refractivity (Wildman–Crippen MR) is 73.4 cm³/mol. The van der Waals surface area contributed by atoms with Crippen LogP contribution in [0.15, 0.2) is 33.7 Å². The van der Waals surface area contributed by atoms with E-state index in [1.54, 1.807) is 22.7 Å². The molecule has 86 valence electrons. The maximum atomic E-state index is 3.63. The van der Waals surface area contributed by atoms with Gasteiger partial charge in [0.25, 0.3) is 0 Å². The van der Waals surface area contributed by atoms with Crippen LogP contribution in [0.25, 0.3) is 0 Å². The van der Waals surface area contributed by atoms with Crippen LogP contribution in [0.4, 0.5) is 0 Å². The highest BCUT2D eigenvalue weighted by Crippen LogP contribution is 2.17. The van der Waals surface area contributed by atoms with Crippen molar-refractivity contribution < 1.29 is 0 Å². The molecule has 2 aromatic rings. The summed E-state index contributed by atoms with van der Waals surface area (Å²) in [4.78, 5) is 0. The first kappa shape index (κ1) is 11.8. The van der Waals surface area contributed by atoms with E-state index in [0.29, 0.717) is 12.1 Å². The Morgan fingerprint density at radius 2 is 1.88 bits per heavy atom. The Morgan fingerprint density at radius 3 is 2.50 bits per heavy atom. The quantitative estimate of drug-likeness (QED) is 0.844. The van der Waals surface area contributed by atoms with Gasteiger partial charge in [-0.3, -0.25) is 0 Å². The van der Waals surface area contributed by atoms with Crippen LogP contribution in [0.2, 0.25) is 0 Å². The second kappa shape index (κ2) is 5.62. The molecule has 2 aromatic heterocycles. The molecular weight excluding hydrogens is 234 g/mol. The van der Waals surface area contributed by atoms with Gasteiger partial charge in [0, 0.05) is 12.1 Å². The molecule has 2 heterocycles. The lowest BCUT2D eigenvalue weighted by atomic mass is 10.1. The summed E-state index contributed by atoms with van der Waals surface area (Å²) in [7, 11) is 0. The van der Waals surface area contributed by atoms with E-state index >= 15 is 0 Å². The molecule has 2 rings (SSSR count). The summed E-state index contributed by atoms with van der Waals surface area (Å²) in [5.41, 5.74) is 2.82. The molecule has 3 heteroatoms. The molecule has 1 N–H and O–H groups in total. The zero-order chi connectivity index (χ0) is 11.4. The highest BCUT2D eigenvalue weighted by atomic mass is 32.1. The van der Waals surface area contributed by atoms with E-state index in [2.05, 4.69) is 52.8 Å². The molecule has 0 aliphatic carbocycles. The van der Waals surface area contributed by atoms with Crippen molar-refractivity contribution in [2.24, 2.45) is 0 Å². The van der Waals surface area contributed by atoms with Gasteiger partial charge in [-0.05, 0) is 65.0 Å². The lowest BCUT2D eigenvalue weighted by Crippen LogP contribution is -2.30. The van der Waals surface area contributed by atoms with Gasteiger partial charge in [-0.2, -0.15) is 22.7 Å². The molecule has 0 aromatic carbocycles. The van der Waals surface area contributed by atoms with E-state index < -0.39 is 0 Å². The van der Waals surface area contributed by atoms with Crippen LogP contribution < -0.4 is 5.32 Å². The van der Waals surface area contributed by atoms with Crippen LogP contribution in [0.3, 0.4) is 0 Å². The molecule has 0 radical (unpaired) electrons. The minimum Gasteiger partial charge on any atom is -0.307 e. The highest BCUT2D eigenvalue weighted by molar-refractivity contribution is 7.08. The van der Waals surface area contributed by atoms with Crippen LogP contribution in [0.5, 0.6) is 0 Å². The Morgan fingerprint density at radius 1 is 1.12 bits per heavy atom. The minimum absolute atomic E-state index is 0.444. The van der Waals surface area contributed by atoms with Gasteiger partial charge in [0.1, 0.15) is 0 Å². The summed E-state index contributed by atoms with van der Waals surface area (Å²) in [5, 5.41) is 12.4. The number of thiophene rings is 2. The summed E-state index contributed by atoms with van der Waals surface area (Å²) in [5.74, 6) is 0. The Hall–Kier alpha value is -0.640. The number of rotatable bonds is 5. The topological polar surface area (TPSA) is 12.0 Å². The van der Waals surface area contributed by atoms with Crippen LogP contribution >= 0.6 is 22.7 Å². The third-order valence-corrected chi connectivity index (χ3v) is 4.13. The first-order chi connectivity index (χ1) is 7.75. The monoisotopic (exact) mass is 251 g/mol. The summed E-state index contributed by atoms with van der Waals surface area (Å²) in [6.45, 7) is 4.48. The van der Waals surface area contributed by atoms with E-state index in [1.807, 2.05) is 0 Å². The fourth-order valence-corrected chi connectivity index (χ4v) is 3.30. The predicted octanol–water partition coefficient (Wildman–Crippen LogP) is 4.09. The van der Waals surface area contributed by atoms with E-state index in [9.17, 15) is 0 Å². The van der Waals surface area contributed by atoms with E-state index in [4.69, 9.17) is 0 Å². The molecule has 2 atom stereocenters. The van der Waals surface area contributed by atoms with Crippen molar-refractivity contribution in [3.8, 4) is 0 Å². The van der Waals surface area contributed by atoms with Crippen molar-refractivity contribution >= 4 is 22.7 Å². The molecule has 2 unspecified atom stereocenters. The third kappa shape index (κ3) is 3.17. The Labute approximate surface area is 105 Å². The van der Waals surface area contributed by atoms with Crippen molar-refractivity contribution in [3.05, 3.63) is 44.8 Å². The smallest absolute Gasteiger partial charge is 0.0302 e. The molecule has 0 fully saturated rings. The van der Waals surface area contributed by atoms with Gasteiger partial charge in [0.05, 0.1) is 0 Å². The standard InChI is InChI=1S/C13H17NS2/c1-10(7-12-3-5-15-8-12)14-11(2)13-4-6-16-9-13/h3-6,8-11,14H,7H2,1-2H3. The molecule has 0 aliphatic rings. The molecule has 0 amide bonds. The number of nitrogens with one attached hydrogen (secondary N) is 1. The Bertz CT molecular complexity index is 392. The Balaban J connectivity index is 1.85. The molecule has 0 spiro atoms. The fourth-order valence-electron chi connectivity index (χ4n) is 1.87. The van der Waals surface area contributed by atoms with Gasteiger partial charge in [0.15, 0.2) is 0 Å². The normalized spacial score (nSPS) is 14.9. The van der Waals surface area contributed by atoms with Crippen molar-refractivity contribution in [2.75, 3.05) is 0 Å². The summed E-state index contributed by atoms with van der Waals surface area (Å²) >= 11 is 3.53. The highest BCUT2D eigenvalue weighted by Gasteiger charge is 2.10. The maximum Gasteiger partial charge on any atom is 0.0302 e. The second-order valence-corrected chi connectivity index (χ2v) is 5.74. The van der Waals surface area contributed by atoms with Gasteiger partial charge >= 0.3 is 0 Å². The van der Waals surface area contributed by atoms with Gasteiger partial charge in [-0.25, -0.2) is 0 Å². The van der Waals surface area contributed by atoms with E-state index in [-0.39, 0.29) is 0 Å². The van der Waals surface area contributed by atoms with Crippen molar-refractivity contribution in [1.82, 2.24) is 5.32 Å². The summed E-state index contributed by atoms with van der Waals surface area (Å²) in [6, 6.07) is 5.36. The van der Waals surface area contributed by atoms with Crippen LogP contribution in [0.1, 0.15) is 31.0 Å². The first-order valence-electron chi connectivity index (χ1n) is 5.55. The summed E-state index contributed by atoms with van der Waals surface area (Å²) < 4.78 is 0. The van der Waals surface area contributed by atoms with Crippen molar-refractivity contribution in [2.45, 2.75) is 32.4 Å². The molecule has 0 aliphatic heterocycles. The van der Waals surface area contributed by atoms with Crippen molar-refractivity contribution in [3.63, 3.8) is 0 Å². The number of hydrogen-bond donors (Lipinski definition) is 1. The fraction of sp³-hybridized carbons (Fsp3) is 0.385. The van der Waals surface area contributed by atoms with E-state index in [1.165, 1.54) is 11.1 Å². The van der Waals surface area contributed by atoms with Crippen LogP contribution in [-0.4, -0.2) is 6.04 Å². The number of hydrogen-bond acceptors (Lipinski definition) is 3. The lowest BCUT2D eigenvalue weighted by Gasteiger charge is -2.19. The van der Waals surface area contributed by atoms with Gasteiger partial charge in [-0.15, -0.1) is 0 Å². The van der Waals surface area contributed by atoms with Crippen LogP contribution in [-0.2, 0) is 6.42 Å². The third-order valence-electron chi connectivity index (χ3n) is 2.70. The SMILES string of the molecule is CC(Cc1ccsc1)NC(C)c1ccsc1. The average molecular weight is 251 g/mol. The molecule has 0 saturated heterocycles. The zero-order valence-electron chi connectivity index (χ0n) is 9.64. The minimum atomic E-state index is 0.444. The first-order valence-corrected chi connectivity index (χ1v) is 7.43. The second-order valence-electron chi connectivity index (χ2n) is 4.18. The molecule has 1 nitrogen and oxygen atoms in total. The van der Waals surface area contributed by atoms with Gasteiger partial charge in [0.2, 0.25) is 0 Å². The molecule has 0 bridgehead atoms. The summed E-state index contributed by atoms with van der Waals surface area (Å²) in [6.07, 6.45) is 1.11. The van der Waals surface area contributed by atoms with E-state index in [0.717, 1.165) is 6.42 Å². The van der Waals surface area contributed by atoms with Gasteiger partial charge < -0.3 is 5.32 Å². The lowest BCUT2D eigenvalue weighted by molar-refractivity contribution is 0.478. The molecule has 0 saturated carbocycles. The van der Waals surface area contributed by atoms with Crippen molar-refractivity contribution in [1.29, 1.82) is 0 Å². The molecular formula is C13H17NS2. The average Bonchev–Trinajstić information content (AvgIpc) is 2.88. The van der Waals surface area contributed by atoms with Crippen LogP contribution in [0, 0.1) is 0 Å². The van der Waals surface area contributed by atoms with Gasteiger partial charge in [-0.1, -0.05) is 0 Å².